The molecule has 1 aromatic carbocycles. The van der Waals surface area contributed by atoms with Crippen molar-refractivity contribution in [1.82, 2.24) is 10.2 Å². The van der Waals surface area contributed by atoms with Gasteiger partial charge in [-0.2, -0.15) is 0 Å². The van der Waals surface area contributed by atoms with E-state index < -0.39 is 0 Å². The van der Waals surface area contributed by atoms with Gasteiger partial charge in [-0.25, -0.2) is 0 Å². The zero-order valence-electron chi connectivity index (χ0n) is 13.0. The highest BCUT2D eigenvalue weighted by Gasteiger charge is 2.36. The number of carbonyl (C=O) groups excluding carboxylic acids is 1. The highest BCUT2D eigenvalue weighted by Crippen LogP contribution is 2.31. The van der Waals surface area contributed by atoms with Crippen molar-refractivity contribution in [2.45, 2.75) is 38.3 Å². The van der Waals surface area contributed by atoms with Crippen molar-refractivity contribution >= 4 is 11.6 Å². The molecule has 2 aliphatic heterocycles. The summed E-state index contributed by atoms with van der Waals surface area (Å²) in [6.07, 6.45) is 2.82. The average molecular weight is 287 g/mol. The topological polar surface area (TPSA) is 35.6 Å². The van der Waals surface area contributed by atoms with Gasteiger partial charge in [-0.3, -0.25) is 4.79 Å². The van der Waals surface area contributed by atoms with E-state index in [1.807, 2.05) is 7.05 Å². The summed E-state index contributed by atoms with van der Waals surface area (Å²) in [6, 6.07) is 9.49. The smallest absolute Gasteiger partial charge is 0.223 e. The maximum Gasteiger partial charge on any atom is 0.223 e. The molecule has 114 valence electrons. The Bertz CT molecular complexity index is 513. The van der Waals surface area contributed by atoms with Gasteiger partial charge in [0.1, 0.15) is 0 Å². The lowest BCUT2D eigenvalue weighted by molar-refractivity contribution is -0.129. The second kappa shape index (κ2) is 6.06. The van der Waals surface area contributed by atoms with Crippen LogP contribution in [0.5, 0.6) is 0 Å². The van der Waals surface area contributed by atoms with E-state index in [1.54, 1.807) is 0 Å². The summed E-state index contributed by atoms with van der Waals surface area (Å²) < 4.78 is 0. The molecule has 3 rings (SSSR count). The number of benzene rings is 1. The first-order chi connectivity index (χ1) is 10.2. The second-order valence-electron chi connectivity index (χ2n) is 6.03. The van der Waals surface area contributed by atoms with E-state index in [9.17, 15) is 4.79 Å². The number of nitrogens with one attached hydrogen (secondary N) is 1. The summed E-state index contributed by atoms with van der Waals surface area (Å²) in [7, 11) is 2.03. The first-order valence-electron chi connectivity index (χ1n) is 8.05. The number of rotatable bonds is 4. The van der Waals surface area contributed by atoms with Crippen molar-refractivity contribution < 1.29 is 4.79 Å². The summed E-state index contributed by atoms with van der Waals surface area (Å²) in [5.74, 6) is 0.342. The molecule has 0 aliphatic carbocycles. The highest BCUT2D eigenvalue weighted by molar-refractivity contribution is 5.79. The summed E-state index contributed by atoms with van der Waals surface area (Å²) in [5.41, 5.74) is 2.71. The van der Waals surface area contributed by atoms with Gasteiger partial charge in [0.15, 0.2) is 0 Å². The molecule has 2 atom stereocenters. The molecule has 0 radical (unpaired) electrons. The molecule has 2 fully saturated rings. The lowest BCUT2D eigenvalue weighted by Gasteiger charge is -2.40. The van der Waals surface area contributed by atoms with Gasteiger partial charge >= 0.3 is 0 Å². The Labute approximate surface area is 127 Å². The monoisotopic (exact) mass is 287 g/mol. The predicted molar refractivity (Wildman–Crippen MR) is 85.5 cm³/mol. The van der Waals surface area contributed by atoms with Crippen molar-refractivity contribution in [2.75, 3.05) is 31.6 Å². The van der Waals surface area contributed by atoms with Gasteiger partial charge in [0, 0.05) is 43.8 Å². The maximum absolute atomic E-state index is 11.8. The fourth-order valence-corrected chi connectivity index (χ4v) is 3.73. The van der Waals surface area contributed by atoms with Crippen molar-refractivity contribution in [3.63, 3.8) is 0 Å². The van der Waals surface area contributed by atoms with Gasteiger partial charge in [0.05, 0.1) is 0 Å². The van der Waals surface area contributed by atoms with Crippen LogP contribution in [0.3, 0.4) is 0 Å². The van der Waals surface area contributed by atoms with Crippen LogP contribution in [0.1, 0.15) is 37.8 Å². The molecule has 2 saturated heterocycles. The largest absolute Gasteiger partial charge is 0.367 e. The van der Waals surface area contributed by atoms with E-state index in [4.69, 9.17) is 0 Å². The van der Waals surface area contributed by atoms with E-state index >= 15 is 0 Å². The van der Waals surface area contributed by atoms with Crippen LogP contribution in [0, 0.1) is 0 Å². The van der Waals surface area contributed by atoms with Crippen molar-refractivity contribution in [2.24, 2.45) is 0 Å². The molecule has 0 saturated carbocycles. The molecule has 21 heavy (non-hydrogen) atoms. The van der Waals surface area contributed by atoms with Gasteiger partial charge in [-0.15, -0.1) is 0 Å². The molecule has 1 N–H and O–H groups in total. The fourth-order valence-electron chi connectivity index (χ4n) is 3.73. The number of hydrogen-bond acceptors (Lipinski definition) is 3. The molecule has 1 aromatic rings. The third kappa shape index (κ3) is 2.64. The zero-order chi connectivity index (χ0) is 14.8. The van der Waals surface area contributed by atoms with E-state index in [-0.39, 0.29) is 0 Å². The Balaban J connectivity index is 1.83. The average Bonchev–Trinajstić information content (AvgIpc) is 2.90. The SMILES string of the molecule is CCC(NC)c1ccccc1N1CCN2C(=O)CCC2C1. The van der Waals surface area contributed by atoms with Crippen LogP contribution in [0.2, 0.25) is 0 Å². The first kappa shape index (κ1) is 14.4. The van der Waals surface area contributed by atoms with Gasteiger partial charge in [0.2, 0.25) is 5.91 Å². The van der Waals surface area contributed by atoms with Gasteiger partial charge in [0.25, 0.3) is 0 Å². The number of fused-ring (bicyclic) bond motifs is 1. The van der Waals surface area contributed by atoms with Crippen LogP contribution < -0.4 is 10.2 Å². The Hall–Kier alpha value is -1.55. The van der Waals surface area contributed by atoms with Crippen LogP contribution in [0.25, 0.3) is 0 Å². The number of nitrogens with zero attached hydrogens (tertiary/aromatic N) is 2. The van der Waals surface area contributed by atoms with Crippen LogP contribution in [0.15, 0.2) is 24.3 Å². The molecule has 2 heterocycles. The minimum absolute atomic E-state index is 0.342. The molecule has 4 heteroatoms. The van der Waals surface area contributed by atoms with Crippen molar-refractivity contribution in [3.05, 3.63) is 29.8 Å². The number of hydrogen-bond donors (Lipinski definition) is 1. The maximum atomic E-state index is 11.8. The molecule has 2 unspecified atom stereocenters. The van der Waals surface area contributed by atoms with Gasteiger partial charge < -0.3 is 15.1 Å². The van der Waals surface area contributed by atoms with E-state index in [0.717, 1.165) is 38.9 Å². The third-order valence-electron chi connectivity index (χ3n) is 4.90. The molecule has 2 aliphatic rings. The van der Waals surface area contributed by atoms with Crippen LogP contribution in [-0.4, -0.2) is 43.5 Å². The van der Waals surface area contributed by atoms with Crippen molar-refractivity contribution in [3.8, 4) is 0 Å². The second-order valence-corrected chi connectivity index (χ2v) is 6.03. The van der Waals surface area contributed by atoms with E-state index in [2.05, 4.69) is 46.3 Å². The van der Waals surface area contributed by atoms with Crippen LogP contribution in [-0.2, 0) is 4.79 Å². The normalized spacial score (nSPS) is 23.3. The van der Waals surface area contributed by atoms with Crippen LogP contribution >= 0.6 is 0 Å². The number of carbonyl (C=O) groups is 1. The minimum atomic E-state index is 0.342. The highest BCUT2D eigenvalue weighted by atomic mass is 16.2. The summed E-state index contributed by atoms with van der Waals surface area (Å²) in [4.78, 5) is 16.4. The summed E-state index contributed by atoms with van der Waals surface area (Å²) in [5, 5.41) is 3.41. The molecular formula is C17H25N3O. The summed E-state index contributed by atoms with van der Waals surface area (Å²) in [6.45, 7) is 5.00. The number of amides is 1. The lowest BCUT2D eigenvalue weighted by Crippen LogP contribution is -2.51. The quantitative estimate of drug-likeness (QED) is 0.922. The minimum Gasteiger partial charge on any atom is -0.367 e. The number of piperazine rings is 1. The van der Waals surface area contributed by atoms with E-state index in [1.165, 1.54) is 11.3 Å². The molecular weight excluding hydrogens is 262 g/mol. The molecule has 1 amide bonds. The Kier molecular flexibility index (Phi) is 4.15. The molecule has 0 spiro atoms. The molecule has 4 nitrogen and oxygen atoms in total. The molecule has 0 bridgehead atoms. The Morgan fingerprint density at radius 1 is 1.33 bits per heavy atom. The Morgan fingerprint density at radius 2 is 2.14 bits per heavy atom. The summed E-state index contributed by atoms with van der Waals surface area (Å²) >= 11 is 0. The predicted octanol–water partition coefficient (Wildman–Crippen LogP) is 2.17. The Morgan fingerprint density at radius 3 is 2.90 bits per heavy atom. The van der Waals surface area contributed by atoms with Gasteiger partial charge in [-0.1, -0.05) is 25.1 Å². The van der Waals surface area contributed by atoms with Crippen molar-refractivity contribution in [1.29, 1.82) is 0 Å². The molecule has 0 aromatic heterocycles. The van der Waals surface area contributed by atoms with E-state index in [0.29, 0.717) is 18.0 Å². The van der Waals surface area contributed by atoms with Gasteiger partial charge in [-0.05, 0) is 31.5 Å². The standard InChI is InChI=1S/C17H25N3O/c1-3-15(18-2)14-6-4-5-7-16(14)19-10-11-20-13(12-19)8-9-17(20)21/h4-7,13,15,18H,3,8-12H2,1-2H3. The number of anilines is 1. The van der Waals surface area contributed by atoms with Crippen LogP contribution in [0.4, 0.5) is 5.69 Å². The first-order valence-corrected chi connectivity index (χ1v) is 8.05. The fraction of sp³-hybridized carbons (Fsp3) is 0.588. The number of para-hydroxylation sites is 1. The third-order valence-corrected chi connectivity index (χ3v) is 4.90. The zero-order valence-corrected chi connectivity index (χ0v) is 13.0. The lowest BCUT2D eigenvalue weighted by atomic mass is 10.0.